The second kappa shape index (κ2) is 10.1. The van der Waals surface area contributed by atoms with Gasteiger partial charge in [0, 0.05) is 22.9 Å². The van der Waals surface area contributed by atoms with Gasteiger partial charge in [0.05, 0.1) is 19.7 Å². The van der Waals surface area contributed by atoms with Gasteiger partial charge in [0.2, 0.25) is 0 Å². The molecule has 0 atom stereocenters. The Balaban J connectivity index is 1.89. The van der Waals surface area contributed by atoms with E-state index in [1.54, 1.807) is 0 Å². The number of aryl methyl sites for hydroxylation is 1. The van der Waals surface area contributed by atoms with Crippen molar-refractivity contribution < 1.29 is 4.74 Å². The molecule has 4 nitrogen and oxygen atoms in total. The van der Waals surface area contributed by atoms with E-state index in [0.717, 1.165) is 25.7 Å². The lowest BCUT2D eigenvalue weighted by Gasteiger charge is -2.10. The number of nitrogens with zero attached hydrogens (tertiary/aromatic N) is 1. The van der Waals surface area contributed by atoms with Gasteiger partial charge < -0.3 is 15.4 Å². The van der Waals surface area contributed by atoms with Crippen LogP contribution in [0.4, 0.5) is 0 Å². The van der Waals surface area contributed by atoms with Crippen molar-refractivity contribution in [3.8, 4) is 0 Å². The van der Waals surface area contributed by atoms with Crippen molar-refractivity contribution in [1.82, 2.24) is 10.6 Å². The molecule has 0 bridgehead atoms. The van der Waals surface area contributed by atoms with Crippen LogP contribution in [0.5, 0.6) is 0 Å². The fraction of sp³-hybridized carbons (Fsp3) is 0.421. The summed E-state index contributed by atoms with van der Waals surface area (Å²) in [6, 6.07) is 12.8. The molecule has 24 heavy (non-hydrogen) atoms. The van der Waals surface area contributed by atoms with Crippen molar-refractivity contribution in [3.63, 3.8) is 0 Å². The summed E-state index contributed by atoms with van der Waals surface area (Å²) in [5, 5.41) is 6.68. The van der Waals surface area contributed by atoms with Crippen LogP contribution in [0.3, 0.4) is 0 Å². The summed E-state index contributed by atoms with van der Waals surface area (Å²) in [5.41, 5.74) is 2.39. The van der Waals surface area contributed by atoms with Gasteiger partial charge >= 0.3 is 0 Å². The smallest absolute Gasteiger partial charge is 0.191 e. The first-order valence-corrected chi connectivity index (χ1v) is 9.26. The van der Waals surface area contributed by atoms with E-state index in [-0.39, 0.29) is 0 Å². The Morgan fingerprint density at radius 3 is 2.42 bits per heavy atom. The summed E-state index contributed by atoms with van der Waals surface area (Å²) < 4.78 is 5.42. The molecule has 2 N–H and O–H groups in total. The highest BCUT2D eigenvalue weighted by molar-refractivity contribution is 7.11. The standard InChI is InChI=1S/C19H27N3OS/c1-4-20-19(22-13-18-11-6-15(3)24-18)21-12-16-7-9-17(10-8-16)14-23-5-2/h6-11H,4-5,12-14H2,1-3H3,(H2,20,21,22). The van der Waals surface area contributed by atoms with Crippen LogP contribution in [0, 0.1) is 6.92 Å². The summed E-state index contributed by atoms with van der Waals surface area (Å²) in [5.74, 6) is 0.849. The van der Waals surface area contributed by atoms with Gasteiger partial charge in [0.15, 0.2) is 5.96 Å². The van der Waals surface area contributed by atoms with Crippen LogP contribution in [-0.4, -0.2) is 19.1 Å². The third-order valence-electron chi connectivity index (χ3n) is 3.49. The molecule has 0 aliphatic carbocycles. The average Bonchev–Trinajstić information content (AvgIpc) is 3.02. The van der Waals surface area contributed by atoms with Crippen LogP contribution in [0.2, 0.25) is 0 Å². The number of nitrogens with one attached hydrogen (secondary N) is 2. The quantitative estimate of drug-likeness (QED) is 0.564. The van der Waals surface area contributed by atoms with E-state index in [4.69, 9.17) is 4.74 Å². The van der Waals surface area contributed by atoms with Gasteiger partial charge in [-0.3, -0.25) is 0 Å². The first kappa shape index (κ1) is 18.5. The van der Waals surface area contributed by atoms with E-state index in [9.17, 15) is 0 Å². The molecule has 2 rings (SSSR count). The maximum absolute atomic E-state index is 5.42. The molecule has 0 aliphatic heterocycles. The highest BCUT2D eigenvalue weighted by atomic mass is 32.1. The van der Waals surface area contributed by atoms with Gasteiger partial charge in [0.1, 0.15) is 0 Å². The maximum atomic E-state index is 5.42. The molecule has 0 saturated carbocycles. The monoisotopic (exact) mass is 345 g/mol. The van der Waals surface area contributed by atoms with Gasteiger partial charge in [-0.05, 0) is 44.0 Å². The van der Waals surface area contributed by atoms with Crippen LogP contribution in [0.15, 0.2) is 41.4 Å². The molecule has 0 spiro atoms. The van der Waals surface area contributed by atoms with Gasteiger partial charge in [-0.1, -0.05) is 24.3 Å². The summed E-state index contributed by atoms with van der Waals surface area (Å²) >= 11 is 1.81. The summed E-state index contributed by atoms with van der Waals surface area (Å²) in [4.78, 5) is 7.32. The fourth-order valence-corrected chi connectivity index (χ4v) is 3.05. The number of thiophene rings is 1. The van der Waals surface area contributed by atoms with Crippen molar-refractivity contribution in [3.05, 3.63) is 57.3 Å². The SMILES string of the molecule is CCNC(=NCc1ccc(COCC)cc1)NCc1ccc(C)s1. The highest BCUT2D eigenvalue weighted by Crippen LogP contribution is 2.14. The van der Waals surface area contributed by atoms with E-state index in [1.165, 1.54) is 20.9 Å². The molecular weight excluding hydrogens is 318 g/mol. The van der Waals surface area contributed by atoms with Crippen LogP contribution >= 0.6 is 11.3 Å². The van der Waals surface area contributed by atoms with E-state index < -0.39 is 0 Å². The largest absolute Gasteiger partial charge is 0.377 e. The minimum absolute atomic E-state index is 0.660. The predicted molar refractivity (Wildman–Crippen MR) is 102 cm³/mol. The van der Waals surface area contributed by atoms with Crippen LogP contribution in [0.1, 0.15) is 34.7 Å². The molecule has 0 saturated heterocycles. The summed E-state index contributed by atoms with van der Waals surface area (Å²) in [6.07, 6.45) is 0. The molecule has 1 aromatic heterocycles. The normalized spacial score (nSPS) is 11.5. The molecule has 1 heterocycles. The lowest BCUT2D eigenvalue weighted by Crippen LogP contribution is -2.36. The van der Waals surface area contributed by atoms with Gasteiger partial charge in [-0.25, -0.2) is 4.99 Å². The molecule has 5 heteroatoms. The topological polar surface area (TPSA) is 45.7 Å². The van der Waals surface area contributed by atoms with Gasteiger partial charge in [-0.15, -0.1) is 11.3 Å². The van der Waals surface area contributed by atoms with E-state index in [2.05, 4.69) is 65.9 Å². The highest BCUT2D eigenvalue weighted by Gasteiger charge is 2.01. The van der Waals surface area contributed by atoms with Gasteiger partial charge in [0.25, 0.3) is 0 Å². The zero-order valence-corrected chi connectivity index (χ0v) is 15.6. The number of guanidine groups is 1. The van der Waals surface area contributed by atoms with E-state index in [1.807, 2.05) is 18.3 Å². The van der Waals surface area contributed by atoms with Crippen molar-refractivity contribution >= 4 is 17.3 Å². The Morgan fingerprint density at radius 1 is 1.04 bits per heavy atom. The minimum atomic E-state index is 0.660. The molecule has 2 aromatic rings. The second-order valence-corrected chi connectivity index (χ2v) is 6.89. The number of aliphatic imine (C=N–C) groups is 1. The van der Waals surface area contributed by atoms with Crippen molar-refractivity contribution in [1.29, 1.82) is 0 Å². The number of rotatable bonds is 8. The Labute approximate surface area is 149 Å². The molecule has 0 unspecified atom stereocenters. The zero-order chi connectivity index (χ0) is 17.2. The first-order valence-electron chi connectivity index (χ1n) is 8.44. The fourth-order valence-electron chi connectivity index (χ4n) is 2.22. The lowest BCUT2D eigenvalue weighted by atomic mass is 10.1. The molecule has 0 amide bonds. The zero-order valence-electron chi connectivity index (χ0n) is 14.8. The Bertz CT molecular complexity index is 634. The van der Waals surface area contributed by atoms with E-state index in [0.29, 0.717) is 13.2 Å². The Kier molecular flexibility index (Phi) is 7.79. The van der Waals surface area contributed by atoms with Crippen molar-refractivity contribution in [2.75, 3.05) is 13.2 Å². The Morgan fingerprint density at radius 2 is 1.79 bits per heavy atom. The number of hydrogen-bond donors (Lipinski definition) is 2. The van der Waals surface area contributed by atoms with Crippen LogP contribution in [0.25, 0.3) is 0 Å². The molecule has 0 fully saturated rings. The lowest BCUT2D eigenvalue weighted by molar-refractivity contribution is 0.134. The van der Waals surface area contributed by atoms with Crippen LogP contribution in [-0.2, 0) is 24.4 Å². The van der Waals surface area contributed by atoms with Crippen LogP contribution < -0.4 is 10.6 Å². The van der Waals surface area contributed by atoms with Crippen molar-refractivity contribution in [2.45, 2.75) is 40.5 Å². The van der Waals surface area contributed by atoms with E-state index >= 15 is 0 Å². The molecule has 0 radical (unpaired) electrons. The average molecular weight is 346 g/mol. The number of ether oxygens (including phenoxy) is 1. The molecule has 130 valence electrons. The molecular formula is C19H27N3OS. The predicted octanol–water partition coefficient (Wildman–Crippen LogP) is 3.85. The summed E-state index contributed by atoms with van der Waals surface area (Å²) in [7, 11) is 0. The number of hydrogen-bond acceptors (Lipinski definition) is 3. The van der Waals surface area contributed by atoms with Gasteiger partial charge in [-0.2, -0.15) is 0 Å². The maximum Gasteiger partial charge on any atom is 0.191 e. The minimum Gasteiger partial charge on any atom is -0.377 e. The number of benzene rings is 1. The Hall–Kier alpha value is -1.85. The molecule has 0 aliphatic rings. The first-order chi connectivity index (χ1) is 11.7. The third kappa shape index (κ3) is 6.34. The van der Waals surface area contributed by atoms with Crippen molar-refractivity contribution in [2.24, 2.45) is 4.99 Å². The third-order valence-corrected chi connectivity index (χ3v) is 4.49. The molecule has 1 aromatic carbocycles. The summed E-state index contributed by atoms with van der Waals surface area (Å²) in [6.45, 7) is 9.94. The second-order valence-electron chi connectivity index (χ2n) is 5.51.